The molecule has 0 spiro atoms. The van der Waals surface area contributed by atoms with Crippen molar-refractivity contribution in [1.29, 1.82) is 0 Å². The minimum Gasteiger partial charge on any atom is -0.508 e. The number of hydrogen-bond donors (Lipinski definition) is 1. The van der Waals surface area contributed by atoms with Crippen LogP contribution in [0.2, 0.25) is 0 Å². The summed E-state index contributed by atoms with van der Waals surface area (Å²) in [7, 11) is 0. The lowest BCUT2D eigenvalue weighted by Gasteiger charge is -2.16. The van der Waals surface area contributed by atoms with E-state index in [1.807, 2.05) is 0 Å². The minimum atomic E-state index is -0.00580. The average Bonchev–Trinajstić information content (AvgIpc) is 2.68. The molecule has 6 heteroatoms. The Morgan fingerprint density at radius 2 is 2.41 bits per heavy atom. The number of amides is 1. The van der Waals surface area contributed by atoms with Gasteiger partial charge in [-0.1, -0.05) is 11.2 Å². The number of aromatic hydroxyl groups is 1. The van der Waals surface area contributed by atoms with Gasteiger partial charge in [-0.2, -0.15) is 0 Å². The van der Waals surface area contributed by atoms with Gasteiger partial charge in [-0.05, 0) is 23.6 Å². The molecular weight excluding hydrogens is 220 g/mol. The van der Waals surface area contributed by atoms with Gasteiger partial charge in [0, 0.05) is 36.2 Å². The molecule has 0 aliphatic carbocycles. The van der Waals surface area contributed by atoms with Crippen molar-refractivity contribution in [2.75, 3.05) is 18.0 Å². The molecule has 0 radical (unpaired) electrons. The van der Waals surface area contributed by atoms with Gasteiger partial charge in [0.05, 0.1) is 0 Å². The van der Waals surface area contributed by atoms with Gasteiger partial charge >= 0.3 is 0 Å². The first-order chi connectivity index (χ1) is 8.20. The summed E-state index contributed by atoms with van der Waals surface area (Å²) < 4.78 is 0. The molecular formula is C11H12N4O2. The van der Waals surface area contributed by atoms with Gasteiger partial charge in [0.15, 0.2) is 0 Å². The Morgan fingerprint density at radius 3 is 3.12 bits per heavy atom. The van der Waals surface area contributed by atoms with Crippen LogP contribution in [0, 0.1) is 5.92 Å². The van der Waals surface area contributed by atoms with Crippen LogP contribution < -0.4 is 4.90 Å². The molecule has 1 heterocycles. The van der Waals surface area contributed by atoms with Crippen molar-refractivity contribution >= 4 is 11.6 Å². The molecule has 2 rings (SSSR count). The SMILES string of the molecule is [N-]=[N+]=NCC1CC(=O)N(c2cccc(O)c2)C1. The summed E-state index contributed by atoms with van der Waals surface area (Å²) in [5.41, 5.74) is 8.92. The average molecular weight is 232 g/mol. The second-order valence-corrected chi connectivity index (χ2v) is 4.01. The molecule has 0 aromatic heterocycles. The Bertz CT molecular complexity index is 482. The summed E-state index contributed by atoms with van der Waals surface area (Å²) in [5, 5.41) is 12.8. The zero-order chi connectivity index (χ0) is 12.3. The quantitative estimate of drug-likeness (QED) is 0.491. The topological polar surface area (TPSA) is 89.3 Å². The number of hydrogen-bond acceptors (Lipinski definition) is 3. The molecule has 1 aliphatic rings. The molecule has 1 atom stereocenters. The largest absolute Gasteiger partial charge is 0.508 e. The lowest BCUT2D eigenvalue weighted by atomic mass is 10.1. The minimum absolute atomic E-state index is 0.00580. The summed E-state index contributed by atoms with van der Waals surface area (Å²) in [5.74, 6) is 0.184. The molecule has 1 saturated heterocycles. The molecule has 1 aromatic carbocycles. The van der Waals surface area contributed by atoms with Gasteiger partial charge in [-0.15, -0.1) is 0 Å². The Morgan fingerprint density at radius 1 is 1.59 bits per heavy atom. The van der Waals surface area contributed by atoms with Gasteiger partial charge in [0.2, 0.25) is 5.91 Å². The Kier molecular flexibility index (Phi) is 3.16. The van der Waals surface area contributed by atoms with E-state index in [1.165, 1.54) is 0 Å². The van der Waals surface area contributed by atoms with Crippen molar-refractivity contribution in [2.24, 2.45) is 11.0 Å². The first-order valence-electron chi connectivity index (χ1n) is 5.31. The van der Waals surface area contributed by atoms with Crippen LogP contribution in [0.25, 0.3) is 10.4 Å². The van der Waals surface area contributed by atoms with E-state index in [0.29, 0.717) is 25.2 Å². The van der Waals surface area contributed by atoms with Crippen molar-refractivity contribution in [1.82, 2.24) is 0 Å². The maximum atomic E-state index is 11.8. The first kappa shape index (κ1) is 11.3. The highest BCUT2D eigenvalue weighted by Gasteiger charge is 2.30. The lowest BCUT2D eigenvalue weighted by Crippen LogP contribution is -2.24. The van der Waals surface area contributed by atoms with Crippen molar-refractivity contribution in [2.45, 2.75) is 6.42 Å². The normalized spacial score (nSPS) is 19.2. The van der Waals surface area contributed by atoms with Crippen LogP contribution in [0.15, 0.2) is 29.4 Å². The van der Waals surface area contributed by atoms with E-state index in [9.17, 15) is 9.90 Å². The molecule has 6 nitrogen and oxygen atoms in total. The third-order valence-electron chi connectivity index (χ3n) is 2.75. The maximum Gasteiger partial charge on any atom is 0.227 e. The predicted octanol–water partition coefficient (Wildman–Crippen LogP) is 2.06. The van der Waals surface area contributed by atoms with Gasteiger partial charge in [-0.3, -0.25) is 4.79 Å². The fourth-order valence-corrected chi connectivity index (χ4v) is 1.97. The van der Waals surface area contributed by atoms with Crippen LogP contribution in [0.3, 0.4) is 0 Å². The third-order valence-corrected chi connectivity index (χ3v) is 2.75. The summed E-state index contributed by atoms with van der Waals surface area (Å²) >= 11 is 0. The smallest absolute Gasteiger partial charge is 0.227 e. The summed E-state index contributed by atoms with van der Waals surface area (Å²) in [6.07, 6.45) is 0.384. The highest BCUT2D eigenvalue weighted by Crippen LogP contribution is 2.27. The monoisotopic (exact) mass is 232 g/mol. The number of nitrogens with zero attached hydrogens (tertiary/aromatic N) is 4. The molecule has 1 fully saturated rings. The molecule has 17 heavy (non-hydrogen) atoms. The first-order valence-corrected chi connectivity index (χ1v) is 5.31. The van der Waals surface area contributed by atoms with Crippen molar-refractivity contribution in [3.05, 3.63) is 34.7 Å². The van der Waals surface area contributed by atoms with Gasteiger partial charge in [0.1, 0.15) is 5.75 Å². The second kappa shape index (κ2) is 4.76. The third kappa shape index (κ3) is 2.49. The van der Waals surface area contributed by atoms with E-state index < -0.39 is 0 Å². The van der Waals surface area contributed by atoms with E-state index in [1.54, 1.807) is 29.2 Å². The number of carbonyl (C=O) groups excluding carboxylic acids is 1. The molecule has 88 valence electrons. The Balaban J connectivity index is 2.12. The molecule has 0 bridgehead atoms. The van der Waals surface area contributed by atoms with Crippen LogP contribution in [0.5, 0.6) is 5.75 Å². The molecule has 1 aliphatic heterocycles. The number of carbonyl (C=O) groups is 1. The van der Waals surface area contributed by atoms with Crippen molar-refractivity contribution in [3.63, 3.8) is 0 Å². The standard InChI is InChI=1S/C11H12N4O2/c12-14-13-6-8-4-11(17)15(7-8)9-2-1-3-10(16)5-9/h1-3,5,8,16H,4,6-7H2. The Hall–Kier alpha value is -2.20. The van der Waals surface area contributed by atoms with Crippen LogP contribution >= 0.6 is 0 Å². The highest BCUT2D eigenvalue weighted by molar-refractivity contribution is 5.95. The number of phenolic OH excluding ortho intramolecular Hbond substituents is 1. The second-order valence-electron chi connectivity index (χ2n) is 4.01. The van der Waals surface area contributed by atoms with Gasteiger partial charge in [-0.25, -0.2) is 0 Å². The predicted molar refractivity (Wildman–Crippen MR) is 62.6 cm³/mol. The van der Waals surface area contributed by atoms with E-state index >= 15 is 0 Å². The van der Waals surface area contributed by atoms with Gasteiger partial charge < -0.3 is 10.0 Å². The van der Waals surface area contributed by atoms with Crippen LogP contribution in [-0.2, 0) is 4.79 Å². The summed E-state index contributed by atoms with van der Waals surface area (Å²) in [4.78, 5) is 16.1. The molecule has 1 aromatic rings. The number of phenols is 1. The lowest BCUT2D eigenvalue weighted by molar-refractivity contribution is -0.117. The zero-order valence-corrected chi connectivity index (χ0v) is 9.15. The van der Waals surface area contributed by atoms with E-state index in [4.69, 9.17) is 5.53 Å². The van der Waals surface area contributed by atoms with E-state index in [2.05, 4.69) is 10.0 Å². The van der Waals surface area contributed by atoms with E-state index in [0.717, 1.165) is 0 Å². The summed E-state index contributed by atoms with van der Waals surface area (Å²) in [6.45, 7) is 0.860. The number of azide groups is 1. The fourth-order valence-electron chi connectivity index (χ4n) is 1.97. The van der Waals surface area contributed by atoms with Crippen LogP contribution in [-0.4, -0.2) is 24.1 Å². The highest BCUT2D eigenvalue weighted by atomic mass is 16.3. The fraction of sp³-hybridized carbons (Fsp3) is 0.364. The van der Waals surface area contributed by atoms with Crippen molar-refractivity contribution in [3.8, 4) is 5.75 Å². The molecule has 0 saturated carbocycles. The zero-order valence-electron chi connectivity index (χ0n) is 9.15. The van der Waals surface area contributed by atoms with Crippen LogP contribution in [0.1, 0.15) is 6.42 Å². The van der Waals surface area contributed by atoms with Gasteiger partial charge in [0.25, 0.3) is 0 Å². The molecule has 1 amide bonds. The number of rotatable bonds is 3. The van der Waals surface area contributed by atoms with Crippen molar-refractivity contribution < 1.29 is 9.90 Å². The van der Waals surface area contributed by atoms with Crippen LogP contribution in [0.4, 0.5) is 5.69 Å². The van der Waals surface area contributed by atoms with E-state index in [-0.39, 0.29) is 17.6 Å². The maximum absolute atomic E-state index is 11.8. The molecule has 1 N–H and O–H groups in total. The number of benzene rings is 1. The summed E-state index contributed by atoms with van der Waals surface area (Å²) in [6, 6.07) is 6.57. The number of anilines is 1. The Labute approximate surface area is 98.1 Å². The molecule has 1 unspecified atom stereocenters.